The van der Waals surface area contributed by atoms with Crippen molar-refractivity contribution in [3.8, 4) is 11.1 Å². The number of nitrogens with zero attached hydrogens (tertiary/aromatic N) is 3. The first-order chi connectivity index (χ1) is 16.4. The van der Waals surface area contributed by atoms with Crippen molar-refractivity contribution >= 4 is 23.4 Å². The molecular weight excluding hydrogens is 430 g/mol. The van der Waals surface area contributed by atoms with Crippen molar-refractivity contribution in [1.82, 2.24) is 9.80 Å². The van der Waals surface area contributed by atoms with E-state index in [-0.39, 0.29) is 23.6 Å². The Bertz CT molecular complexity index is 1100. The summed E-state index contributed by atoms with van der Waals surface area (Å²) < 4.78 is 0. The van der Waals surface area contributed by atoms with Gasteiger partial charge in [-0.15, -0.1) is 0 Å². The Morgan fingerprint density at radius 3 is 2.15 bits per heavy atom. The maximum absolute atomic E-state index is 13.0. The monoisotopic (exact) mass is 461 g/mol. The quantitative estimate of drug-likeness (QED) is 0.743. The molecule has 1 heterocycles. The minimum Gasteiger partial charge on any atom is -0.380 e. The van der Waals surface area contributed by atoms with Crippen LogP contribution in [0.5, 0.6) is 0 Å². The smallest absolute Gasteiger partial charge is 0.254 e. The summed E-state index contributed by atoms with van der Waals surface area (Å²) in [6, 6.07) is 15.4. The fourth-order valence-electron chi connectivity index (χ4n) is 4.68. The Morgan fingerprint density at radius 2 is 1.56 bits per heavy atom. The van der Waals surface area contributed by atoms with Gasteiger partial charge in [0, 0.05) is 50.4 Å². The van der Waals surface area contributed by atoms with Crippen molar-refractivity contribution in [1.29, 1.82) is 0 Å². The Morgan fingerprint density at radius 1 is 0.912 bits per heavy atom. The summed E-state index contributed by atoms with van der Waals surface area (Å²) in [5.74, 6) is 0.0735. The highest BCUT2D eigenvalue weighted by Crippen LogP contribution is 2.37. The molecule has 2 saturated carbocycles. The molecule has 7 heteroatoms. The highest BCUT2D eigenvalue weighted by molar-refractivity contribution is 5.96. The van der Waals surface area contributed by atoms with Crippen LogP contribution in [0.2, 0.25) is 0 Å². The molecule has 34 heavy (non-hydrogen) atoms. The number of carbonyl (C=O) groups excluding carboxylic acids is 3. The van der Waals surface area contributed by atoms with E-state index in [9.17, 15) is 19.5 Å². The normalized spacial score (nSPS) is 19.4. The first-order valence-electron chi connectivity index (χ1n) is 12.1. The van der Waals surface area contributed by atoms with E-state index in [0.29, 0.717) is 44.6 Å². The van der Waals surface area contributed by atoms with Crippen molar-refractivity contribution < 1.29 is 19.5 Å². The topological polar surface area (TPSA) is 81.2 Å². The van der Waals surface area contributed by atoms with Crippen LogP contribution < -0.4 is 4.90 Å². The summed E-state index contributed by atoms with van der Waals surface area (Å²) in [6.45, 7) is 1.83. The van der Waals surface area contributed by atoms with Gasteiger partial charge in [-0.25, -0.2) is 0 Å². The molecule has 3 fully saturated rings. The first kappa shape index (κ1) is 22.6. The molecule has 0 atom stereocenters. The molecule has 0 spiro atoms. The third kappa shape index (κ3) is 4.32. The molecule has 1 saturated heterocycles. The highest BCUT2D eigenvalue weighted by atomic mass is 16.3. The van der Waals surface area contributed by atoms with E-state index in [1.54, 1.807) is 14.7 Å². The molecule has 0 aromatic heterocycles. The number of rotatable bonds is 5. The van der Waals surface area contributed by atoms with Gasteiger partial charge in [-0.2, -0.15) is 0 Å². The standard InChI is InChI=1S/C27H31N3O4/c1-28(24(31)20-4-2-5-20)23-7-3-6-22(18-23)19-8-10-21(11-9-19)25(32)29-14-16-30(17-15-29)26(33)27(34)12-13-27/h3,6-11,18,20,34H,2,4-5,12-17H2,1H3. The van der Waals surface area contributed by atoms with Crippen molar-refractivity contribution in [3.05, 3.63) is 54.1 Å². The largest absolute Gasteiger partial charge is 0.380 e. The maximum Gasteiger partial charge on any atom is 0.254 e. The molecule has 1 N–H and O–H groups in total. The van der Waals surface area contributed by atoms with Crippen molar-refractivity contribution in [2.75, 3.05) is 38.1 Å². The zero-order valence-electron chi connectivity index (χ0n) is 19.6. The molecule has 0 unspecified atom stereocenters. The zero-order valence-corrected chi connectivity index (χ0v) is 19.6. The Hall–Kier alpha value is -3.19. The molecule has 2 aliphatic carbocycles. The lowest BCUT2D eigenvalue weighted by molar-refractivity contribution is -0.143. The second-order valence-electron chi connectivity index (χ2n) is 9.77. The van der Waals surface area contributed by atoms with Crippen LogP contribution >= 0.6 is 0 Å². The Kier molecular flexibility index (Phi) is 5.90. The third-order valence-corrected chi connectivity index (χ3v) is 7.46. The van der Waals surface area contributed by atoms with Gasteiger partial charge in [0.25, 0.3) is 11.8 Å². The summed E-state index contributed by atoms with van der Waals surface area (Å²) in [5.41, 5.74) is 2.31. The van der Waals surface area contributed by atoms with E-state index in [2.05, 4.69) is 0 Å². The van der Waals surface area contributed by atoms with Gasteiger partial charge in [-0.05, 0) is 61.1 Å². The molecule has 5 rings (SSSR count). The lowest BCUT2D eigenvalue weighted by Gasteiger charge is -2.35. The van der Waals surface area contributed by atoms with Gasteiger partial charge in [-0.3, -0.25) is 14.4 Å². The van der Waals surface area contributed by atoms with Crippen LogP contribution in [0.3, 0.4) is 0 Å². The van der Waals surface area contributed by atoms with Gasteiger partial charge in [0.15, 0.2) is 0 Å². The van der Waals surface area contributed by atoms with E-state index in [1.807, 2.05) is 55.6 Å². The highest BCUT2D eigenvalue weighted by Gasteiger charge is 2.50. The van der Waals surface area contributed by atoms with Gasteiger partial charge in [-0.1, -0.05) is 30.7 Å². The second-order valence-corrected chi connectivity index (χ2v) is 9.77. The zero-order chi connectivity index (χ0) is 23.9. The predicted molar refractivity (Wildman–Crippen MR) is 129 cm³/mol. The van der Waals surface area contributed by atoms with Gasteiger partial charge in [0.1, 0.15) is 5.60 Å². The fraction of sp³-hybridized carbons (Fsp3) is 0.444. The molecule has 2 aromatic rings. The van der Waals surface area contributed by atoms with E-state index in [1.165, 1.54) is 0 Å². The molecular formula is C27H31N3O4. The summed E-state index contributed by atoms with van der Waals surface area (Å²) >= 11 is 0. The number of piperazine rings is 1. The van der Waals surface area contributed by atoms with E-state index < -0.39 is 5.60 Å². The second kappa shape index (κ2) is 8.87. The Labute approximate surface area is 200 Å². The molecule has 3 amide bonds. The maximum atomic E-state index is 13.0. The van der Waals surface area contributed by atoms with Crippen molar-refractivity contribution in [2.24, 2.45) is 5.92 Å². The Balaban J connectivity index is 1.22. The van der Waals surface area contributed by atoms with Gasteiger partial charge >= 0.3 is 0 Å². The van der Waals surface area contributed by atoms with Crippen molar-refractivity contribution in [3.63, 3.8) is 0 Å². The van der Waals surface area contributed by atoms with E-state index >= 15 is 0 Å². The van der Waals surface area contributed by atoms with Crippen molar-refractivity contribution in [2.45, 2.75) is 37.7 Å². The van der Waals surface area contributed by atoms with Crippen LogP contribution in [0.4, 0.5) is 5.69 Å². The summed E-state index contributed by atoms with van der Waals surface area (Å²) in [4.78, 5) is 43.1. The number of amides is 3. The molecule has 2 aromatic carbocycles. The van der Waals surface area contributed by atoms with Crippen LogP contribution in [0.1, 0.15) is 42.5 Å². The van der Waals surface area contributed by atoms with Crippen LogP contribution in [0, 0.1) is 5.92 Å². The molecule has 0 radical (unpaired) electrons. The molecule has 3 aliphatic rings. The fourth-order valence-corrected chi connectivity index (χ4v) is 4.68. The van der Waals surface area contributed by atoms with E-state index in [0.717, 1.165) is 36.1 Å². The van der Waals surface area contributed by atoms with Gasteiger partial charge < -0.3 is 19.8 Å². The average molecular weight is 462 g/mol. The molecule has 178 valence electrons. The summed E-state index contributed by atoms with van der Waals surface area (Å²) in [6.07, 6.45) is 4.16. The lowest BCUT2D eigenvalue weighted by Crippen LogP contribution is -2.53. The number of carbonyl (C=O) groups is 3. The SMILES string of the molecule is CN(C(=O)C1CCC1)c1cccc(-c2ccc(C(=O)N3CCN(C(=O)C4(O)CC4)CC3)cc2)c1. The molecule has 7 nitrogen and oxygen atoms in total. The predicted octanol–water partition coefficient (Wildman–Crippen LogP) is 2.93. The number of hydrogen-bond acceptors (Lipinski definition) is 4. The van der Waals surface area contributed by atoms with Crippen LogP contribution in [0.15, 0.2) is 48.5 Å². The minimum absolute atomic E-state index is 0.0524. The molecule has 0 bridgehead atoms. The number of benzene rings is 2. The van der Waals surface area contributed by atoms with Crippen LogP contribution in [-0.2, 0) is 9.59 Å². The average Bonchev–Trinajstić information content (AvgIpc) is 3.60. The molecule has 1 aliphatic heterocycles. The van der Waals surface area contributed by atoms with Gasteiger partial charge in [0.2, 0.25) is 5.91 Å². The first-order valence-corrected chi connectivity index (χ1v) is 12.1. The number of aliphatic hydroxyl groups is 1. The number of anilines is 1. The van der Waals surface area contributed by atoms with E-state index in [4.69, 9.17) is 0 Å². The minimum atomic E-state index is -1.15. The third-order valence-electron chi connectivity index (χ3n) is 7.46. The number of hydrogen-bond donors (Lipinski definition) is 1. The van der Waals surface area contributed by atoms with Crippen LogP contribution in [-0.4, -0.2) is 71.5 Å². The van der Waals surface area contributed by atoms with Gasteiger partial charge in [0.05, 0.1) is 0 Å². The summed E-state index contributed by atoms with van der Waals surface area (Å²) in [7, 11) is 1.83. The summed E-state index contributed by atoms with van der Waals surface area (Å²) in [5, 5.41) is 10.0. The lowest BCUT2D eigenvalue weighted by atomic mass is 9.84. The van der Waals surface area contributed by atoms with Crippen LogP contribution in [0.25, 0.3) is 11.1 Å².